The molecule has 0 bridgehead atoms. The van der Waals surface area contributed by atoms with Gasteiger partial charge in [-0.25, -0.2) is 0 Å². The molecule has 27 heavy (non-hydrogen) atoms. The number of fused-ring (bicyclic) bond motifs is 4. The molecule has 0 amide bonds. The molecule has 0 aliphatic rings. The van der Waals surface area contributed by atoms with Gasteiger partial charge < -0.3 is 10.2 Å². The van der Waals surface area contributed by atoms with Crippen molar-refractivity contribution < 1.29 is 10.2 Å². The van der Waals surface area contributed by atoms with Crippen LogP contribution in [0.4, 0.5) is 0 Å². The summed E-state index contributed by atoms with van der Waals surface area (Å²) in [6, 6.07) is 19.8. The molecule has 2 N–H and O–H groups in total. The predicted octanol–water partition coefficient (Wildman–Crippen LogP) is 7.81. The molecule has 5 heteroatoms. The number of rotatable bonds is 1. The van der Waals surface area contributed by atoms with Crippen LogP contribution < -0.4 is 0 Å². The van der Waals surface area contributed by atoms with Crippen LogP contribution in [0, 0.1) is 0 Å². The summed E-state index contributed by atoms with van der Waals surface area (Å²) >= 11 is 9.15. The van der Waals surface area contributed by atoms with Gasteiger partial charge in [0.2, 0.25) is 0 Å². The Hall–Kier alpha value is -2.08. The van der Waals surface area contributed by atoms with E-state index in [1.165, 1.54) is 14.8 Å². The Labute approximate surface area is 175 Å². The molecule has 2 nitrogen and oxygen atoms in total. The van der Waals surface area contributed by atoms with Gasteiger partial charge in [0.05, 0.1) is 4.70 Å². The van der Waals surface area contributed by atoms with E-state index in [2.05, 4.69) is 56.1 Å². The van der Waals surface area contributed by atoms with E-state index < -0.39 is 0 Å². The van der Waals surface area contributed by atoms with Crippen LogP contribution in [0.25, 0.3) is 42.1 Å². The number of benzene rings is 4. The second kappa shape index (κ2) is 6.23. The first-order chi connectivity index (χ1) is 13.1. The maximum Gasteiger partial charge on any atom is 0.158 e. The first-order valence-corrected chi connectivity index (χ1v) is 10.7. The number of hydrogen-bond acceptors (Lipinski definition) is 3. The van der Waals surface area contributed by atoms with Gasteiger partial charge in [-0.3, -0.25) is 0 Å². The van der Waals surface area contributed by atoms with Crippen molar-refractivity contribution in [1.82, 2.24) is 0 Å². The lowest BCUT2D eigenvalue weighted by atomic mass is 9.93. The van der Waals surface area contributed by atoms with Gasteiger partial charge >= 0.3 is 0 Å². The fourth-order valence-corrected chi connectivity index (χ4v) is 6.10. The summed E-state index contributed by atoms with van der Waals surface area (Å²) in [5.74, 6) is -0.272. The van der Waals surface area contributed by atoms with Crippen molar-refractivity contribution in [3.05, 3.63) is 69.6 Å². The molecule has 0 atom stereocenters. The quantitative estimate of drug-likeness (QED) is 0.231. The molecule has 0 radical (unpaired) electrons. The largest absolute Gasteiger partial charge is 0.504 e. The number of phenols is 2. The Bertz CT molecular complexity index is 1370. The molecule has 132 valence electrons. The van der Waals surface area contributed by atoms with Crippen LogP contribution in [0.1, 0.15) is 0 Å². The number of halogens is 2. The van der Waals surface area contributed by atoms with Crippen molar-refractivity contribution in [1.29, 1.82) is 0 Å². The van der Waals surface area contributed by atoms with Crippen LogP contribution in [0.2, 0.25) is 0 Å². The third kappa shape index (κ3) is 2.49. The van der Waals surface area contributed by atoms with Gasteiger partial charge in [-0.05, 0) is 44.9 Å². The zero-order chi connectivity index (χ0) is 18.7. The van der Waals surface area contributed by atoms with E-state index in [1.54, 1.807) is 23.5 Å². The van der Waals surface area contributed by atoms with E-state index in [0.29, 0.717) is 0 Å². The minimum Gasteiger partial charge on any atom is -0.504 e. The minimum atomic E-state index is -0.140. The average molecular weight is 500 g/mol. The van der Waals surface area contributed by atoms with E-state index in [9.17, 15) is 10.2 Å². The molecule has 0 saturated carbocycles. The third-order valence-corrected chi connectivity index (χ3v) is 7.74. The molecule has 5 aromatic rings. The van der Waals surface area contributed by atoms with Crippen LogP contribution in [0.5, 0.6) is 11.5 Å². The van der Waals surface area contributed by atoms with Gasteiger partial charge in [0.15, 0.2) is 11.5 Å². The summed E-state index contributed by atoms with van der Waals surface area (Å²) in [4.78, 5) is 0. The van der Waals surface area contributed by atoms with E-state index in [1.807, 2.05) is 24.3 Å². The molecule has 0 saturated heterocycles. The number of hydrogen-bond donors (Lipinski definition) is 2. The molecule has 0 unspecified atom stereocenters. The fraction of sp³-hybridized carbons (Fsp3) is 0. The Morgan fingerprint density at radius 2 is 1.37 bits per heavy atom. The van der Waals surface area contributed by atoms with Crippen LogP contribution in [-0.2, 0) is 0 Å². The highest BCUT2D eigenvalue weighted by atomic mass is 79.9. The second-order valence-corrected chi connectivity index (χ2v) is 9.06. The van der Waals surface area contributed by atoms with Crippen LogP contribution in [0.3, 0.4) is 0 Å². The van der Waals surface area contributed by atoms with Gasteiger partial charge in [-0.1, -0.05) is 58.4 Å². The lowest BCUT2D eigenvalue weighted by molar-refractivity contribution is 0.403. The SMILES string of the molecule is Oc1cc(Br)c(-c2c3ccccc3c(Br)c3sc4ccccc4c23)cc1O. The van der Waals surface area contributed by atoms with Gasteiger partial charge in [0.1, 0.15) is 0 Å². The van der Waals surface area contributed by atoms with E-state index in [0.717, 1.165) is 36.2 Å². The first-order valence-electron chi connectivity index (χ1n) is 8.29. The number of phenolic OH excluding ortho intramolecular Hbond substituents is 2. The molecule has 0 fully saturated rings. The molecule has 5 rings (SSSR count). The lowest BCUT2D eigenvalue weighted by Crippen LogP contribution is -1.87. The topological polar surface area (TPSA) is 40.5 Å². The van der Waals surface area contributed by atoms with E-state index in [4.69, 9.17) is 0 Å². The molecule has 0 spiro atoms. The van der Waals surface area contributed by atoms with Gasteiger partial charge in [0.25, 0.3) is 0 Å². The standard InChI is InChI=1S/C22H12Br2O2S/c23-15-10-17(26)16(25)9-14(15)19-11-5-1-2-6-12(11)21(24)22-20(19)13-7-3-4-8-18(13)27-22/h1-10,25-26H. The maximum atomic E-state index is 10.2. The lowest BCUT2D eigenvalue weighted by Gasteiger charge is -2.14. The van der Waals surface area contributed by atoms with Crippen molar-refractivity contribution in [3.8, 4) is 22.6 Å². The molecule has 0 aliphatic carbocycles. The van der Waals surface area contributed by atoms with Crippen LogP contribution in [0.15, 0.2) is 69.6 Å². The van der Waals surface area contributed by atoms with Gasteiger partial charge in [-0.15, -0.1) is 11.3 Å². The Kier molecular flexibility index (Phi) is 3.93. The second-order valence-electron chi connectivity index (χ2n) is 6.36. The average Bonchev–Trinajstić information content (AvgIpc) is 3.06. The van der Waals surface area contributed by atoms with Gasteiger partial charge in [-0.2, -0.15) is 0 Å². The molecule has 1 aromatic heterocycles. The minimum absolute atomic E-state index is 0.132. The maximum absolute atomic E-state index is 10.2. The molecular weight excluding hydrogens is 488 g/mol. The summed E-state index contributed by atoms with van der Waals surface area (Å²) in [5, 5.41) is 24.6. The smallest absolute Gasteiger partial charge is 0.158 e. The molecule has 1 heterocycles. The van der Waals surface area contributed by atoms with E-state index in [-0.39, 0.29) is 11.5 Å². The van der Waals surface area contributed by atoms with Crippen LogP contribution >= 0.6 is 43.2 Å². The highest BCUT2D eigenvalue weighted by Crippen LogP contribution is 2.50. The zero-order valence-electron chi connectivity index (χ0n) is 13.8. The summed E-state index contributed by atoms with van der Waals surface area (Å²) in [6.07, 6.45) is 0. The summed E-state index contributed by atoms with van der Waals surface area (Å²) in [6.45, 7) is 0. The van der Waals surface area contributed by atoms with Crippen molar-refractivity contribution in [3.63, 3.8) is 0 Å². The van der Waals surface area contributed by atoms with Crippen molar-refractivity contribution >= 4 is 74.1 Å². The molecule has 0 aliphatic heterocycles. The van der Waals surface area contributed by atoms with Crippen molar-refractivity contribution in [2.75, 3.05) is 0 Å². The highest BCUT2D eigenvalue weighted by Gasteiger charge is 2.20. The zero-order valence-corrected chi connectivity index (χ0v) is 17.8. The fourth-order valence-electron chi connectivity index (χ4n) is 3.62. The Morgan fingerprint density at radius 1 is 0.741 bits per heavy atom. The summed E-state index contributed by atoms with van der Waals surface area (Å²) in [5.41, 5.74) is 1.89. The summed E-state index contributed by atoms with van der Waals surface area (Å²) in [7, 11) is 0. The first kappa shape index (κ1) is 17.0. The Balaban J connectivity index is 2.10. The normalized spacial score (nSPS) is 11.6. The number of aromatic hydroxyl groups is 2. The number of thiophene rings is 1. The highest BCUT2D eigenvalue weighted by molar-refractivity contribution is 9.11. The summed E-state index contributed by atoms with van der Waals surface area (Å²) < 4.78 is 4.20. The molecular formula is C22H12Br2O2S. The monoisotopic (exact) mass is 498 g/mol. The molecule has 4 aromatic carbocycles. The van der Waals surface area contributed by atoms with Crippen LogP contribution in [-0.4, -0.2) is 10.2 Å². The van der Waals surface area contributed by atoms with Crippen molar-refractivity contribution in [2.45, 2.75) is 0 Å². The van der Waals surface area contributed by atoms with Crippen molar-refractivity contribution in [2.24, 2.45) is 0 Å². The third-order valence-electron chi connectivity index (χ3n) is 4.81. The van der Waals surface area contributed by atoms with E-state index >= 15 is 0 Å². The van der Waals surface area contributed by atoms with Gasteiger partial charge in [0, 0.05) is 35.5 Å². The predicted molar refractivity (Wildman–Crippen MR) is 121 cm³/mol. The Morgan fingerprint density at radius 3 is 2.15 bits per heavy atom.